The molecule has 0 spiro atoms. The van der Waals surface area contributed by atoms with E-state index < -0.39 is 10.0 Å². The molecular weight excluding hydrogens is 358 g/mol. The van der Waals surface area contributed by atoms with Crippen LogP contribution in [0.5, 0.6) is 5.75 Å². The summed E-state index contributed by atoms with van der Waals surface area (Å²) in [6, 6.07) is 15.6. The summed E-state index contributed by atoms with van der Waals surface area (Å²) in [7, 11) is -1.75. The van der Waals surface area contributed by atoms with Crippen molar-refractivity contribution in [3.05, 3.63) is 65.2 Å². The van der Waals surface area contributed by atoms with Crippen molar-refractivity contribution in [3.63, 3.8) is 0 Å². The molecule has 0 radical (unpaired) electrons. The Balaban J connectivity index is 2.24. The van der Waals surface area contributed by atoms with E-state index >= 15 is 0 Å². The smallest absolute Gasteiger partial charge is 0.214 e. The van der Waals surface area contributed by atoms with E-state index in [1.54, 1.807) is 11.4 Å². The molecule has 0 aromatic heterocycles. The number of aryl methyl sites for hydroxylation is 1. The number of hydrogen-bond donors (Lipinski definition) is 0. The van der Waals surface area contributed by atoms with Crippen molar-refractivity contribution < 1.29 is 13.2 Å². The monoisotopic (exact) mass is 389 g/mol. The van der Waals surface area contributed by atoms with Crippen LogP contribution in [-0.4, -0.2) is 25.6 Å². The van der Waals surface area contributed by atoms with E-state index in [0.29, 0.717) is 19.5 Å². The van der Waals surface area contributed by atoms with Crippen LogP contribution in [0.2, 0.25) is 0 Å². The first-order valence-electron chi connectivity index (χ1n) is 9.25. The lowest BCUT2D eigenvalue weighted by Gasteiger charge is -2.25. The van der Waals surface area contributed by atoms with Crippen molar-refractivity contribution in [2.75, 3.05) is 12.9 Å². The number of sulfonamides is 1. The van der Waals surface area contributed by atoms with Gasteiger partial charge in [-0.05, 0) is 42.0 Å². The van der Waals surface area contributed by atoms with Gasteiger partial charge in [-0.3, -0.25) is 0 Å². The van der Waals surface area contributed by atoms with E-state index in [1.165, 1.54) is 0 Å². The summed E-state index contributed by atoms with van der Waals surface area (Å²) in [5, 5.41) is 0. The summed E-state index contributed by atoms with van der Waals surface area (Å²) in [5.74, 6) is 0.915. The van der Waals surface area contributed by atoms with E-state index in [-0.39, 0.29) is 11.2 Å². The molecule has 0 saturated carbocycles. The average Bonchev–Trinajstić information content (AvgIpc) is 2.61. The molecule has 0 unspecified atom stereocenters. The fourth-order valence-corrected chi connectivity index (χ4v) is 4.47. The molecule has 0 aliphatic rings. The highest BCUT2D eigenvalue weighted by Crippen LogP contribution is 2.23. The SMILES string of the molecule is COc1ccc(CN(Cc2ccc(C)cc2)S(=O)(=O)CCC(C)(C)C)cc1. The Kier molecular flexibility index (Phi) is 7.06. The van der Waals surface area contributed by atoms with Gasteiger partial charge in [0.1, 0.15) is 5.75 Å². The van der Waals surface area contributed by atoms with Gasteiger partial charge >= 0.3 is 0 Å². The predicted molar refractivity (Wildman–Crippen MR) is 111 cm³/mol. The second kappa shape index (κ2) is 8.89. The maximum atomic E-state index is 13.1. The molecular formula is C22H31NO3S. The van der Waals surface area contributed by atoms with Gasteiger partial charge in [0, 0.05) is 13.1 Å². The fraction of sp³-hybridized carbons (Fsp3) is 0.455. The van der Waals surface area contributed by atoms with Crippen molar-refractivity contribution >= 4 is 10.0 Å². The van der Waals surface area contributed by atoms with Crippen molar-refractivity contribution in [2.24, 2.45) is 5.41 Å². The number of benzene rings is 2. The van der Waals surface area contributed by atoms with Gasteiger partial charge < -0.3 is 4.74 Å². The van der Waals surface area contributed by atoms with Gasteiger partial charge in [-0.25, -0.2) is 8.42 Å². The maximum absolute atomic E-state index is 13.1. The number of hydrogen-bond acceptors (Lipinski definition) is 3. The lowest BCUT2D eigenvalue weighted by molar-refractivity contribution is 0.372. The molecule has 0 saturated heterocycles. The molecule has 2 aromatic rings. The molecule has 0 atom stereocenters. The third kappa shape index (κ3) is 7.00. The first-order chi connectivity index (χ1) is 12.6. The molecule has 27 heavy (non-hydrogen) atoms. The molecule has 0 aliphatic carbocycles. The van der Waals surface area contributed by atoms with Crippen molar-refractivity contribution in [3.8, 4) is 5.75 Å². The second-order valence-electron chi connectivity index (χ2n) is 8.23. The predicted octanol–water partition coefficient (Wildman–Crippen LogP) is 4.77. The lowest BCUT2D eigenvalue weighted by Crippen LogP contribution is -2.33. The Labute approximate surface area is 164 Å². The van der Waals surface area contributed by atoms with Crippen molar-refractivity contribution in [1.29, 1.82) is 0 Å². The highest BCUT2D eigenvalue weighted by Gasteiger charge is 2.25. The van der Waals surface area contributed by atoms with Gasteiger partial charge in [-0.15, -0.1) is 0 Å². The summed E-state index contributed by atoms with van der Waals surface area (Å²) < 4.78 is 32.9. The summed E-state index contributed by atoms with van der Waals surface area (Å²) in [4.78, 5) is 0. The van der Waals surface area contributed by atoms with Crippen molar-refractivity contribution in [1.82, 2.24) is 4.31 Å². The van der Waals surface area contributed by atoms with Gasteiger partial charge in [0.15, 0.2) is 0 Å². The Morgan fingerprint density at radius 2 is 1.37 bits per heavy atom. The third-order valence-electron chi connectivity index (χ3n) is 4.50. The molecule has 0 fully saturated rings. The highest BCUT2D eigenvalue weighted by molar-refractivity contribution is 7.89. The van der Waals surface area contributed by atoms with Crippen LogP contribution in [0.1, 0.15) is 43.9 Å². The minimum Gasteiger partial charge on any atom is -0.497 e. The van der Waals surface area contributed by atoms with Crippen LogP contribution >= 0.6 is 0 Å². The molecule has 0 bridgehead atoms. The Hall–Kier alpha value is -1.85. The van der Waals surface area contributed by atoms with Crippen LogP contribution < -0.4 is 4.74 Å². The largest absolute Gasteiger partial charge is 0.497 e. The van der Waals surface area contributed by atoms with Crippen LogP contribution in [0.3, 0.4) is 0 Å². The molecule has 0 amide bonds. The van der Waals surface area contributed by atoms with E-state index in [4.69, 9.17) is 4.74 Å². The van der Waals surface area contributed by atoms with E-state index in [1.807, 2.05) is 55.5 Å². The Morgan fingerprint density at radius 3 is 1.81 bits per heavy atom. The summed E-state index contributed by atoms with van der Waals surface area (Å²) >= 11 is 0. The molecule has 5 heteroatoms. The maximum Gasteiger partial charge on any atom is 0.214 e. The quantitative estimate of drug-likeness (QED) is 0.653. The molecule has 0 N–H and O–H groups in total. The Morgan fingerprint density at radius 1 is 0.889 bits per heavy atom. The minimum atomic E-state index is -3.38. The van der Waals surface area contributed by atoms with Gasteiger partial charge in [0.2, 0.25) is 10.0 Å². The highest BCUT2D eigenvalue weighted by atomic mass is 32.2. The van der Waals surface area contributed by atoms with Gasteiger partial charge in [-0.1, -0.05) is 62.7 Å². The zero-order valence-electron chi connectivity index (χ0n) is 17.0. The fourth-order valence-electron chi connectivity index (χ4n) is 2.65. The zero-order valence-corrected chi connectivity index (χ0v) is 17.8. The molecule has 4 nitrogen and oxygen atoms in total. The van der Waals surface area contributed by atoms with Gasteiger partial charge in [0.25, 0.3) is 0 Å². The van der Waals surface area contributed by atoms with Crippen LogP contribution in [-0.2, 0) is 23.1 Å². The van der Waals surface area contributed by atoms with Crippen molar-refractivity contribution in [2.45, 2.75) is 47.2 Å². The number of ether oxygens (including phenoxy) is 1. The lowest BCUT2D eigenvalue weighted by atomic mass is 9.94. The Bertz CT molecular complexity index is 819. The number of nitrogens with zero attached hydrogens (tertiary/aromatic N) is 1. The molecule has 0 aliphatic heterocycles. The molecule has 0 heterocycles. The summed E-state index contributed by atoms with van der Waals surface area (Å²) in [6.07, 6.45) is 0.627. The first kappa shape index (κ1) is 21.5. The van der Waals surface area contributed by atoms with Gasteiger partial charge in [-0.2, -0.15) is 4.31 Å². The van der Waals surface area contributed by atoms with E-state index in [2.05, 4.69) is 20.8 Å². The molecule has 2 rings (SSSR count). The van der Waals surface area contributed by atoms with Crippen LogP contribution in [0, 0.1) is 12.3 Å². The van der Waals surface area contributed by atoms with E-state index in [9.17, 15) is 8.42 Å². The third-order valence-corrected chi connectivity index (χ3v) is 6.27. The standard InChI is InChI=1S/C22H31NO3S/c1-18-6-8-19(9-7-18)16-23(27(24,25)15-14-22(2,3)4)17-20-10-12-21(26-5)13-11-20/h6-13H,14-17H2,1-5H3. The molecule has 148 valence electrons. The second-order valence-corrected chi connectivity index (χ2v) is 10.3. The minimum absolute atomic E-state index is 0.0251. The number of methoxy groups -OCH3 is 1. The van der Waals surface area contributed by atoms with Gasteiger partial charge in [0.05, 0.1) is 12.9 Å². The first-order valence-corrected chi connectivity index (χ1v) is 10.9. The summed E-state index contributed by atoms with van der Waals surface area (Å²) in [6.45, 7) is 8.95. The zero-order chi connectivity index (χ0) is 20.1. The topological polar surface area (TPSA) is 46.6 Å². The summed E-state index contributed by atoms with van der Waals surface area (Å²) in [5.41, 5.74) is 3.08. The molecule has 2 aromatic carbocycles. The van der Waals surface area contributed by atoms with Crippen LogP contribution in [0.4, 0.5) is 0 Å². The van der Waals surface area contributed by atoms with Crippen LogP contribution in [0.15, 0.2) is 48.5 Å². The average molecular weight is 390 g/mol. The number of rotatable bonds is 8. The van der Waals surface area contributed by atoms with Crippen LogP contribution in [0.25, 0.3) is 0 Å². The van der Waals surface area contributed by atoms with E-state index in [0.717, 1.165) is 22.4 Å². The normalized spacial score (nSPS) is 12.4.